The smallest absolute Gasteiger partial charge is 0.139 e. The number of halogens is 2. The summed E-state index contributed by atoms with van der Waals surface area (Å²) >= 11 is 0. The number of anilines is 2. The van der Waals surface area contributed by atoms with E-state index in [2.05, 4.69) is 35.8 Å². The van der Waals surface area contributed by atoms with Crippen LogP contribution in [-0.4, -0.2) is 31.3 Å². The fraction of sp³-hybridized carbons (Fsp3) is 0.667. The van der Waals surface area contributed by atoms with E-state index < -0.39 is 0 Å². The van der Waals surface area contributed by atoms with Crippen LogP contribution in [-0.2, 0) is 0 Å². The Hall–Kier alpha value is -0.800. The van der Waals surface area contributed by atoms with Crippen LogP contribution in [0.2, 0.25) is 0 Å². The average molecular weight is 361 g/mol. The molecule has 2 unspecified atom stereocenters. The standard InChI is InChI=1S/C18H28N2O.2ClH/c1-14-10-15(2)13-20(12-14)17-11-16(6-7-18(17)21)19-8-4-3-5-9-19;;/h6-7,11,14-15,21H,3-5,8-10,12-13H2,1-2H3;2*1H. The van der Waals surface area contributed by atoms with Crippen LogP contribution in [0.3, 0.4) is 0 Å². The summed E-state index contributed by atoms with van der Waals surface area (Å²) in [5.41, 5.74) is 2.30. The van der Waals surface area contributed by atoms with Crippen molar-refractivity contribution in [1.29, 1.82) is 0 Å². The zero-order valence-corrected chi connectivity index (χ0v) is 15.8. The van der Waals surface area contributed by atoms with Gasteiger partial charge in [-0.3, -0.25) is 0 Å². The van der Waals surface area contributed by atoms with Gasteiger partial charge in [-0.1, -0.05) is 13.8 Å². The topological polar surface area (TPSA) is 26.7 Å². The molecule has 0 bridgehead atoms. The molecule has 1 aromatic rings. The third-order valence-electron chi connectivity index (χ3n) is 4.89. The predicted molar refractivity (Wildman–Crippen MR) is 104 cm³/mol. The van der Waals surface area contributed by atoms with Crippen LogP contribution >= 0.6 is 24.8 Å². The highest BCUT2D eigenvalue weighted by Gasteiger charge is 2.24. The van der Waals surface area contributed by atoms with E-state index in [1.165, 1.54) is 31.4 Å². The monoisotopic (exact) mass is 360 g/mol. The van der Waals surface area contributed by atoms with E-state index in [-0.39, 0.29) is 24.8 Å². The normalized spacial score (nSPS) is 24.6. The molecule has 2 atom stereocenters. The van der Waals surface area contributed by atoms with Crippen LogP contribution in [0.25, 0.3) is 0 Å². The fourth-order valence-corrected chi connectivity index (χ4v) is 3.97. The third kappa shape index (κ3) is 4.84. The Morgan fingerprint density at radius 3 is 2.13 bits per heavy atom. The third-order valence-corrected chi connectivity index (χ3v) is 4.89. The zero-order chi connectivity index (χ0) is 14.8. The van der Waals surface area contributed by atoms with Crippen molar-refractivity contribution in [3.05, 3.63) is 18.2 Å². The van der Waals surface area contributed by atoms with Crippen molar-refractivity contribution >= 4 is 36.2 Å². The maximum Gasteiger partial charge on any atom is 0.139 e. The molecular formula is C18H30Cl2N2O. The number of hydrogen-bond acceptors (Lipinski definition) is 3. The first-order valence-corrected chi connectivity index (χ1v) is 8.46. The van der Waals surface area contributed by atoms with Crippen LogP contribution in [0.4, 0.5) is 11.4 Å². The highest BCUT2D eigenvalue weighted by Crippen LogP contribution is 2.36. The van der Waals surface area contributed by atoms with Crippen molar-refractivity contribution in [2.45, 2.75) is 39.5 Å². The van der Waals surface area contributed by atoms with E-state index >= 15 is 0 Å². The molecule has 1 N–H and O–H groups in total. The van der Waals surface area contributed by atoms with Crippen molar-refractivity contribution < 1.29 is 5.11 Å². The lowest BCUT2D eigenvalue weighted by Gasteiger charge is -2.37. The van der Waals surface area contributed by atoms with Gasteiger partial charge in [0.1, 0.15) is 5.75 Å². The zero-order valence-electron chi connectivity index (χ0n) is 14.2. The van der Waals surface area contributed by atoms with Gasteiger partial charge in [0.05, 0.1) is 5.69 Å². The van der Waals surface area contributed by atoms with Gasteiger partial charge < -0.3 is 14.9 Å². The molecule has 3 rings (SSSR count). The van der Waals surface area contributed by atoms with Gasteiger partial charge in [0.2, 0.25) is 0 Å². The van der Waals surface area contributed by atoms with Gasteiger partial charge in [0.15, 0.2) is 0 Å². The number of phenolic OH excluding ortho intramolecular Hbond substituents is 1. The Balaban J connectivity index is 0.00000132. The van der Waals surface area contributed by atoms with Crippen molar-refractivity contribution in [1.82, 2.24) is 0 Å². The molecule has 2 fully saturated rings. The minimum Gasteiger partial charge on any atom is -0.506 e. The van der Waals surface area contributed by atoms with E-state index in [1.54, 1.807) is 0 Å². The molecule has 0 aromatic heterocycles. The van der Waals surface area contributed by atoms with Gasteiger partial charge in [-0.2, -0.15) is 0 Å². The maximum absolute atomic E-state index is 10.3. The van der Waals surface area contributed by atoms with Gasteiger partial charge in [-0.25, -0.2) is 0 Å². The molecule has 132 valence electrons. The average Bonchev–Trinajstić information content (AvgIpc) is 2.47. The molecule has 5 heteroatoms. The van der Waals surface area contributed by atoms with E-state index in [0.29, 0.717) is 17.6 Å². The van der Waals surface area contributed by atoms with Crippen LogP contribution < -0.4 is 9.80 Å². The lowest BCUT2D eigenvalue weighted by Crippen LogP contribution is -2.39. The second-order valence-corrected chi connectivity index (χ2v) is 7.07. The van der Waals surface area contributed by atoms with E-state index in [0.717, 1.165) is 31.9 Å². The first-order chi connectivity index (χ1) is 10.1. The molecule has 1 aromatic carbocycles. The Kier molecular flexibility index (Phi) is 7.82. The van der Waals surface area contributed by atoms with Crippen LogP contribution in [0.15, 0.2) is 18.2 Å². The fourth-order valence-electron chi connectivity index (χ4n) is 3.97. The Morgan fingerprint density at radius 1 is 0.913 bits per heavy atom. The second kappa shape index (κ2) is 8.89. The minimum atomic E-state index is 0. The summed E-state index contributed by atoms with van der Waals surface area (Å²) in [6.45, 7) is 9.04. The molecule has 0 aliphatic carbocycles. The molecule has 2 aliphatic rings. The van der Waals surface area contributed by atoms with Crippen molar-refractivity contribution in [2.24, 2.45) is 11.8 Å². The highest BCUT2D eigenvalue weighted by atomic mass is 35.5. The first kappa shape index (κ1) is 20.2. The number of phenols is 1. The number of rotatable bonds is 2. The Bertz CT molecular complexity index is 482. The second-order valence-electron chi connectivity index (χ2n) is 7.07. The van der Waals surface area contributed by atoms with Crippen LogP contribution in [0.1, 0.15) is 39.5 Å². The number of nitrogens with zero attached hydrogens (tertiary/aromatic N) is 2. The lowest BCUT2D eigenvalue weighted by atomic mass is 9.91. The van der Waals surface area contributed by atoms with Gasteiger partial charge >= 0.3 is 0 Å². The van der Waals surface area contributed by atoms with Crippen molar-refractivity contribution in [3.63, 3.8) is 0 Å². The molecule has 3 nitrogen and oxygen atoms in total. The summed E-state index contributed by atoms with van der Waals surface area (Å²) in [4.78, 5) is 4.84. The summed E-state index contributed by atoms with van der Waals surface area (Å²) < 4.78 is 0. The molecular weight excluding hydrogens is 331 g/mol. The van der Waals surface area contributed by atoms with Crippen molar-refractivity contribution in [2.75, 3.05) is 36.0 Å². The Morgan fingerprint density at radius 2 is 1.52 bits per heavy atom. The molecule has 2 saturated heterocycles. The first-order valence-electron chi connectivity index (χ1n) is 8.46. The summed E-state index contributed by atoms with van der Waals surface area (Å²) in [5, 5.41) is 10.3. The SMILES string of the molecule is CC1CC(C)CN(c2cc(N3CCCCC3)ccc2O)C1.Cl.Cl. The minimum absolute atomic E-state index is 0. The summed E-state index contributed by atoms with van der Waals surface area (Å²) in [5.74, 6) is 1.83. The number of hydrogen-bond donors (Lipinski definition) is 1. The van der Waals surface area contributed by atoms with Crippen LogP contribution in [0.5, 0.6) is 5.75 Å². The number of piperidine rings is 2. The molecule has 2 aliphatic heterocycles. The molecule has 0 spiro atoms. The summed E-state index contributed by atoms with van der Waals surface area (Å²) in [6, 6.07) is 6.15. The number of aromatic hydroxyl groups is 1. The highest BCUT2D eigenvalue weighted by molar-refractivity contribution is 5.85. The quantitative estimate of drug-likeness (QED) is 0.827. The summed E-state index contributed by atoms with van der Waals surface area (Å²) in [6.07, 6.45) is 5.22. The predicted octanol–water partition coefficient (Wildman–Crippen LogP) is 4.71. The Labute approximate surface area is 152 Å². The van der Waals surface area contributed by atoms with Gasteiger partial charge in [0.25, 0.3) is 0 Å². The van der Waals surface area contributed by atoms with E-state index in [4.69, 9.17) is 0 Å². The maximum atomic E-state index is 10.3. The van der Waals surface area contributed by atoms with E-state index in [9.17, 15) is 5.11 Å². The van der Waals surface area contributed by atoms with Gasteiger partial charge in [0, 0.05) is 31.9 Å². The number of benzene rings is 1. The molecule has 0 radical (unpaired) electrons. The van der Waals surface area contributed by atoms with Gasteiger partial charge in [-0.15, -0.1) is 24.8 Å². The molecule has 0 amide bonds. The molecule has 0 saturated carbocycles. The van der Waals surface area contributed by atoms with Gasteiger partial charge in [-0.05, 0) is 55.7 Å². The lowest BCUT2D eigenvalue weighted by molar-refractivity contribution is 0.353. The molecule has 23 heavy (non-hydrogen) atoms. The largest absolute Gasteiger partial charge is 0.506 e. The summed E-state index contributed by atoms with van der Waals surface area (Å²) in [7, 11) is 0. The van der Waals surface area contributed by atoms with Crippen molar-refractivity contribution in [3.8, 4) is 5.75 Å². The van der Waals surface area contributed by atoms with Crippen LogP contribution in [0, 0.1) is 11.8 Å². The van der Waals surface area contributed by atoms with E-state index in [1.807, 2.05) is 6.07 Å². The molecule has 2 heterocycles.